The average molecular weight is 224 g/mol. The number of nitrogens with one attached hydrogen (secondary N) is 1. The van der Waals surface area contributed by atoms with E-state index in [1.54, 1.807) is 12.5 Å². The molecule has 4 nitrogen and oxygen atoms in total. The van der Waals surface area contributed by atoms with E-state index in [0.717, 1.165) is 25.9 Å². The third-order valence-electron chi connectivity index (χ3n) is 3.16. The molecule has 2 rings (SSSR count). The van der Waals surface area contributed by atoms with E-state index >= 15 is 0 Å². The van der Waals surface area contributed by atoms with Crippen molar-refractivity contribution in [2.24, 2.45) is 5.84 Å². The van der Waals surface area contributed by atoms with Gasteiger partial charge >= 0.3 is 0 Å². The maximum Gasteiger partial charge on any atom is 0.0935 e. The summed E-state index contributed by atoms with van der Waals surface area (Å²) in [5, 5.41) is 0. The molecular weight excluding hydrogens is 204 g/mol. The minimum atomic E-state index is 0.307. The molecule has 0 saturated carbocycles. The molecule has 0 bridgehead atoms. The number of rotatable bonds is 6. The molecule has 2 heterocycles. The predicted octanol–water partition coefficient (Wildman–Crippen LogP) is 1.61. The van der Waals surface area contributed by atoms with Crippen LogP contribution in [0.2, 0.25) is 0 Å². The number of ether oxygens (including phenoxy) is 1. The van der Waals surface area contributed by atoms with E-state index in [-0.39, 0.29) is 0 Å². The molecule has 3 N–H and O–H groups in total. The van der Waals surface area contributed by atoms with Gasteiger partial charge in [0, 0.05) is 12.6 Å². The van der Waals surface area contributed by atoms with Crippen LogP contribution in [-0.4, -0.2) is 18.8 Å². The molecule has 1 aliphatic rings. The van der Waals surface area contributed by atoms with Crippen LogP contribution < -0.4 is 11.3 Å². The molecule has 16 heavy (non-hydrogen) atoms. The summed E-state index contributed by atoms with van der Waals surface area (Å²) in [6, 6.07) is 2.29. The Kier molecular flexibility index (Phi) is 4.39. The van der Waals surface area contributed by atoms with Crippen molar-refractivity contribution in [2.75, 3.05) is 6.61 Å². The minimum Gasteiger partial charge on any atom is -0.472 e. The molecule has 1 aromatic heterocycles. The number of hydrazine groups is 1. The third kappa shape index (κ3) is 3.33. The zero-order valence-corrected chi connectivity index (χ0v) is 9.52. The van der Waals surface area contributed by atoms with E-state index in [1.807, 2.05) is 6.07 Å². The van der Waals surface area contributed by atoms with E-state index in [1.165, 1.54) is 18.4 Å². The molecule has 1 fully saturated rings. The fourth-order valence-corrected chi connectivity index (χ4v) is 2.20. The highest BCUT2D eigenvalue weighted by molar-refractivity contribution is 5.07. The Morgan fingerprint density at radius 3 is 3.12 bits per heavy atom. The van der Waals surface area contributed by atoms with Crippen molar-refractivity contribution in [1.29, 1.82) is 0 Å². The van der Waals surface area contributed by atoms with Gasteiger partial charge in [0.25, 0.3) is 0 Å². The standard InChI is InChI=1S/C12H20N2O2/c13-14-11(8-10-5-7-15-9-10)3-4-12-2-1-6-16-12/h5,7,9,11-12,14H,1-4,6,8,13H2. The highest BCUT2D eigenvalue weighted by Gasteiger charge is 2.17. The van der Waals surface area contributed by atoms with Crippen LogP contribution in [0.25, 0.3) is 0 Å². The summed E-state index contributed by atoms with van der Waals surface area (Å²) in [5.74, 6) is 5.55. The van der Waals surface area contributed by atoms with Crippen LogP contribution >= 0.6 is 0 Å². The van der Waals surface area contributed by atoms with Gasteiger partial charge in [-0.3, -0.25) is 11.3 Å². The molecule has 0 radical (unpaired) electrons. The van der Waals surface area contributed by atoms with E-state index in [0.29, 0.717) is 12.1 Å². The quantitative estimate of drug-likeness (QED) is 0.569. The fourth-order valence-electron chi connectivity index (χ4n) is 2.20. The predicted molar refractivity (Wildman–Crippen MR) is 61.7 cm³/mol. The smallest absolute Gasteiger partial charge is 0.0935 e. The van der Waals surface area contributed by atoms with E-state index < -0.39 is 0 Å². The summed E-state index contributed by atoms with van der Waals surface area (Å²) in [7, 11) is 0. The lowest BCUT2D eigenvalue weighted by atomic mass is 10.0. The SMILES string of the molecule is NNC(CCC1CCCO1)Cc1ccoc1. The normalized spacial score (nSPS) is 22.4. The number of hydrogen-bond acceptors (Lipinski definition) is 4. The van der Waals surface area contributed by atoms with Gasteiger partial charge in [-0.15, -0.1) is 0 Å². The van der Waals surface area contributed by atoms with Gasteiger partial charge in [-0.05, 0) is 43.7 Å². The molecule has 1 aromatic rings. The summed E-state index contributed by atoms with van der Waals surface area (Å²) in [6.45, 7) is 0.924. The molecule has 0 aliphatic carbocycles. The van der Waals surface area contributed by atoms with Gasteiger partial charge < -0.3 is 9.15 Å². The maximum atomic E-state index is 5.60. The number of nitrogens with two attached hydrogens (primary N) is 1. The molecule has 2 unspecified atom stereocenters. The van der Waals surface area contributed by atoms with Gasteiger partial charge in [-0.1, -0.05) is 0 Å². The second-order valence-corrected chi connectivity index (χ2v) is 4.41. The van der Waals surface area contributed by atoms with Crippen LogP contribution in [0, 0.1) is 0 Å². The van der Waals surface area contributed by atoms with Crippen molar-refractivity contribution < 1.29 is 9.15 Å². The Balaban J connectivity index is 1.72. The Labute approximate surface area is 96.1 Å². The molecule has 4 heteroatoms. The summed E-state index contributed by atoms with van der Waals surface area (Å²) in [6.07, 6.45) is 9.37. The zero-order chi connectivity index (χ0) is 11.2. The van der Waals surface area contributed by atoms with E-state index in [4.69, 9.17) is 15.0 Å². The summed E-state index contributed by atoms with van der Waals surface area (Å²) in [5.41, 5.74) is 4.06. The molecule has 1 saturated heterocycles. The number of furan rings is 1. The third-order valence-corrected chi connectivity index (χ3v) is 3.16. The van der Waals surface area contributed by atoms with Gasteiger partial charge in [0.15, 0.2) is 0 Å². The van der Waals surface area contributed by atoms with E-state index in [9.17, 15) is 0 Å². The van der Waals surface area contributed by atoms with Gasteiger partial charge in [-0.2, -0.15) is 0 Å². The lowest BCUT2D eigenvalue weighted by molar-refractivity contribution is 0.0996. The number of hydrogen-bond donors (Lipinski definition) is 2. The molecule has 1 aliphatic heterocycles. The van der Waals surface area contributed by atoms with Crippen molar-refractivity contribution in [2.45, 2.75) is 44.2 Å². The monoisotopic (exact) mass is 224 g/mol. The van der Waals surface area contributed by atoms with Crippen LogP contribution in [-0.2, 0) is 11.2 Å². The second kappa shape index (κ2) is 6.03. The highest BCUT2D eigenvalue weighted by Crippen LogP contribution is 2.18. The lowest BCUT2D eigenvalue weighted by Gasteiger charge is -2.17. The summed E-state index contributed by atoms with van der Waals surface area (Å²) < 4.78 is 10.6. The van der Waals surface area contributed by atoms with Crippen LogP contribution in [0.15, 0.2) is 23.0 Å². The van der Waals surface area contributed by atoms with Gasteiger partial charge in [-0.25, -0.2) is 0 Å². The molecule has 2 atom stereocenters. The highest BCUT2D eigenvalue weighted by atomic mass is 16.5. The Morgan fingerprint density at radius 2 is 2.50 bits per heavy atom. The lowest BCUT2D eigenvalue weighted by Crippen LogP contribution is -2.37. The summed E-state index contributed by atoms with van der Waals surface area (Å²) in [4.78, 5) is 0. The molecule has 0 amide bonds. The summed E-state index contributed by atoms with van der Waals surface area (Å²) >= 11 is 0. The zero-order valence-electron chi connectivity index (χ0n) is 9.52. The van der Waals surface area contributed by atoms with Crippen LogP contribution in [0.1, 0.15) is 31.2 Å². The second-order valence-electron chi connectivity index (χ2n) is 4.41. The first-order valence-electron chi connectivity index (χ1n) is 5.97. The first-order chi connectivity index (χ1) is 7.88. The average Bonchev–Trinajstić information content (AvgIpc) is 2.97. The Morgan fingerprint density at radius 1 is 1.56 bits per heavy atom. The first-order valence-corrected chi connectivity index (χ1v) is 5.97. The minimum absolute atomic E-state index is 0.307. The largest absolute Gasteiger partial charge is 0.472 e. The van der Waals surface area contributed by atoms with Crippen molar-refractivity contribution in [1.82, 2.24) is 5.43 Å². The molecule has 90 valence electrons. The maximum absolute atomic E-state index is 5.60. The van der Waals surface area contributed by atoms with Crippen LogP contribution in [0.3, 0.4) is 0 Å². The molecule has 0 spiro atoms. The molecule has 0 aromatic carbocycles. The van der Waals surface area contributed by atoms with Crippen molar-refractivity contribution in [3.8, 4) is 0 Å². The van der Waals surface area contributed by atoms with Crippen molar-refractivity contribution >= 4 is 0 Å². The van der Waals surface area contributed by atoms with Crippen molar-refractivity contribution in [3.05, 3.63) is 24.2 Å². The van der Waals surface area contributed by atoms with E-state index in [2.05, 4.69) is 5.43 Å². The Hall–Kier alpha value is -0.840. The molecular formula is C12H20N2O2. The topological polar surface area (TPSA) is 60.4 Å². The van der Waals surface area contributed by atoms with Crippen molar-refractivity contribution in [3.63, 3.8) is 0 Å². The van der Waals surface area contributed by atoms with Gasteiger partial charge in [0.05, 0.1) is 18.6 Å². The van der Waals surface area contributed by atoms with Crippen LogP contribution in [0.5, 0.6) is 0 Å². The van der Waals surface area contributed by atoms with Gasteiger partial charge in [0.1, 0.15) is 0 Å². The fraction of sp³-hybridized carbons (Fsp3) is 0.667. The first kappa shape index (κ1) is 11.6. The Bertz CT molecular complexity index is 281. The van der Waals surface area contributed by atoms with Crippen LogP contribution in [0.4, 0.5) is 0 Å². The van der Waals surface area contributed by atoms with Gasteiger partial charge in [0.2, 0.25) is 0 Å².